The zero-order chi connectivity index (χ0) is 14.0. The van der Waals surface area contributed by atoms with Crippen LogP contribution in [0.25, 0.3) is 0 Å². The van der Waals surface area contributed by atoms with E-state index in [1.54, 1.807) is 0 Å². The molecular weight excluding hydrogens is 256 g/mol. The van der Waals surface area contributed by atoms with Crippen LogP contribution in [-0.4, -0.2) is 21.8 Å². The Hall–Kier alpha value is -2.10. The number of fused-ring (bicyclic) bond motifs is 2. The van der Waals surface area contributed by atoms with Gasteiger partial charge in [-0.3, -0.25) is 9.59 Å². The summed E-state index contributed by atoms with van der Waals surface area (Å²) in [4.78, 5) is 25.4. The van der Waals surface area contributed by atoms with Gasteiger partial charge in [0, 0.05) is 11.8 Å². The second kappa shape index (κ2) is 3.72. The minimum absolute atomic E-state index is 0.0113. The quantitative estimate of drug-likeness (QED) is 0.560. The Morgan fingerprint density at radius 2 is 1.20 bits per heavy atom. The van der Waals surface area contributed by atoms with E-state index in [0.29, 0.717) is 0 Å². The average Bonchev–Trinajstić information content (AvgIpc) is 2.47. The molecule has 0 aromatic heterocycles. The predicted octanol–water partition coefficient (Wildman–Crippen LogP) is 2.31. The van der Waals surface area contributed by atoms with Crippen molar-refractivity contribution in [2.24, 2.45) is 23.7 Å². The maximum atomic E-state index is 12.7. The highest BCUT2D eigenvalue weighted by molar-refractivity contribution is 6.19. The molecule has 4 aliphatic carbocycles. The second-order valence-electron chi connectivity index (χ2n) is 5.92. The lowest BCUT2D eigenvalue weighted by molar-refractivity contribution is 0.0514. The van der Waals surface area contributed by atoms with Gasteiger partial charge in [-0.15, -0.1) is 0 Å². The van der Waals surface area contributed by atoms with Crippen LogP contribution in [0.5, 0.6) is 11.5 Å². The molecule has 2 N–H and O–H groups in total. The van der Waals surface area contributed by atoms with E-state index in [-0.39, 0.29) is 57.9 Å². The molecule has 4 heteroatoms. The summed E-state index contributed by atoms with van der Waals surface area (Å²) >= 11 is 0. The number of rotatable bonds is 0. The van der Waals surface area contributed by atoms with E-state index in [4.69, 9.17) is 0 Å². The van der Waals surface area contributed by atoms with Crippen LogP contribution >= 0.6 is 0 Å². The van der Waals surface area contributed by atoms with E-state index in [9.17, 15) is 19.8 Å². The molecule has 1 aromatic carbocycles. The Morgan fingerprint density at radius 3 is 1.55 bits per heavy atom. The van der Waals surface area contributed by atoms with Crippen molar-refractivity contribution in [1.82, 2.24) is 0 Å². The SMILES string of the molecule is O=C1c2c(O)ccc(O)c2C(=O)C2C1[C@@H]1C=C[C@H]2CC1. The molecule has 0 heterocycles. The van der Waals surface area contributed by atoms with Crippen molar-refractivity contribution in [2.45, 2.75) is 12.8 Å². The van der Waals surface area contributed by atoms with Crippen LogP contribution in [0, 0.1) is 23.7 Å². The highest BCUT2D eigenvalue weighted by Gasteiger charge is 2.53. The third-order valence-electron chi connectivity index (χ3n) is 5.01. The van der Waals surface area contributed by atoms with Gasteiger partial charge >= 0.3 is 0 Å². The number of carbonyl (C=O) groups excluding carboxylic acids is 2. The molecule has 5 rings (SSSR count). The summed E-state index contributed by atoms with van der Waals surface area (Å²) in [7, 11) is 0. The highest BCUT2D eigenvalue weighted by Crippen LogP contribution is 2.52. The normalized spacial score (nSPS) is 34.0. The van der Waals surface area contributed by atoms with Crippen LogP contribution in [-0.2, 0) is 0 Å². The second-order valence-corrected chi connectivity index (χ2v) is 5.92. The predicted molar refractivity (Wildman–Crippen MR) is 70.8 cm³/mol. The molecular formula is C16H14O4. The number of hydrogen-bond donors (Lipinski definition) is 2. The topological polar surface area (TPSA) is 74.6 Å². The number of aromatic hydroxyl groups is 2. The number of benzene rings is 1. The molecule has 4 nitrogen and oxygen atoms in total. The summed E-state index contributed by atoms with van der Waals surface area (Å²) in [6.07, 6.45) is 5.89. The Morgan fingerprint density at radius 1 is 0.800 bits per heavy atom. The number of carbonyl (C=O) groups is 2. The van der Waals surface area contributed by atoms with E-state index >= 15 is 0 Å². The van der Waals surface area contributed by atoms with Crippen molar-refractivity contribution in [3.8, 4) is 11.5 Å². The molecule has 1 saturated carbocycles. The highest BCUT2D eigenvalue weighted by atomic mass is 16.3. The van der Waals surface area contributed by atoms with E-state index in [1.165, 1.54) is 12.1 Å². The summed E-state index contributed by atoms with van der Waals surface area (Å²) < 4.78 is 0. The van der Waals surface area contributed by atoms with Gasteiger partial charge in [-0.1, -0.05) is 12.2 Å². The molecule has 0 spiro atoms. The first-order valence-electron chi connectivity index (χ1n) is 6.91. The molecule has 20 heavy (non-hydrogen) atoms. The lowest BCUT2D eigenvalue weighted by Gasteiger charge is -2.45. The number of hydrogen-bond acceptors (Lipinski definition) is 4. The molecule has 0 saturated heterocycles. The van der Waals surface area contributed by atoms with E-state index < -0.39 is 0 Å². The number of allylic oxidation sites excluding steroid dienone is 2. The Kier molecular flexibility index (Phi) is 2.18. The van der Waals surface area contributed by atoms with E-state index in [1.807, 2.05) is 12.2 Å². The molecule has 4 atom stereocenters. The standard InChI is InChI=1S/C16H14O4/c17-9-5-6-10(18)14-13(9)15(19)11-7-1-2-8(4-3-7)12(11)16(14)20/h1-2,5-8,11-12,17-18H,3-4H2/t7-,8+,11?,12?. The first-order chi connectivity index (χ1) is 9.59. The van der Waals surface area contributed by atoms with Crippen LogP contribution in [0.3, 0.4) is 0 Å². The zero-order valence-electron chi connectivity index (χ0n) is 10.7. The average molecular weight is 270 g/mol. The Balaban J connectivity index is 1.97. The Labute approximate surface area is 115 Å². The molecule has 0 amide bonds. The number of phenols is 2. The van der Waals surface area contributed by atoms with Crippen molar-refractivity contribution in [3.63, 3.8) is 0 Å². The van der Waals surface area contributed by atoms with Crippen molar-refractivity contribution < 1.29 is 19.8 Å². The fourth-order valence-corrected chi connectivity index (χ4v) is 4.12. The lowest BCUT2D eigenvalue weighted by atomic mass is 9.56. The van der Waals surface area contributed by atoms with Gasteiger partial charge in [0.25, 0.3) is 0 Å². The first kappa shape index (κ1) is 11.7. The van der Waals surface area contributed by atoms with Crippen molar-refractivity contribution in [3.05, 3.63) is 35.4 Å². The summed E-state index contributed by atoms with van der Waals surface area (Å²) in [6, 6.07) is 2.55. The maximum absolute atomic E-state index is 12.7. The van der Waals surface area contributed by atoms with Crippen molar-refractivity contribution >= 4 is 11.6 Å². The molecule has 0 radical (unpaired) electrons. The van der Waals surface area contributed by atoms with Gasteiger partial charge in [0.05, 0.1) is 11.1 Å². The van der Waals surface area contributed by atoms with Gasteiger partial charge in [0.1, 0.15) is 11.5 Å². The molecule has 1 fully saturated rings. The van der Waals surface area contributed by atoms with Crippen molar-refractivity contribution in [1.29, 1.82) is 0 Å². The van der Waals surface area contributed by atoms with Crippen LogP contribution < -0.4 is 0 Å². The molecule has 2 bridgehead atoms. The summed E-state index contributed by atoms with van der Waals surface area (Å²) in [5.41, 5.74) is 0.0226. The lowest BCUT2D eigenvalue weighted by Crippen LogP contribution is -2.48. The molecule has 4 aliphatic rings. The third kappa shape index (κ3) is 1.26. The smallest absolute Gasteiger partial charge is 0.171 e. The minimum atomic E-state index is -0.369. The number of phenolic OH excluding ortho intramolecular Hbond substituents is 2. The van der Waals surface area contributed by atoms with Gasteiger partial charge in [0.2, 0.25) is 0 Å². The maximum Gasteiger partial charge on any atom is 0.171 e. The van der Waals surface area contributed by atoms with Gasteiger partial charge < -0.3 is 10.2 Å². The van der Waals surface area contributed by atoms with Crippen LogP contribution in [0.15, 0.2) is 24.3 Å². The van der Waals surface area contributed by atoms with Crippen LogP contribution in [0.2, 0.25) is 0 Å². The number of Topliss-reactive ketones (excluding diaryl/α,β-unsaturated/α-hetero) is 2. The fourth-order valence-electron chi connectivity index (χ4n) is 4.12. The minimum Gasteiger partial charge on any atom is -0.507 e. The fraction of sp³-hybridized carbons (Fsp3) is 0.375. The van der Waals surface area contributed by atoms with Crippen LogP contribution in [0.1, 0.15) is 33.6 Å². The van der Waals surface area contributed by atoms with Crippen molar-refractivity contribution in [2.75, 3.05) is 0 Å². The number of ketones is 2. The summed E-state index contributed by atoms with van der Waals surface area (Å²) in [6.45, 7) is 0. The molecule has 102 valence electrons. The van der Waals surface area contributed by atoms with Gasteiger partial charge in [0.15, 0.2) is 11.6 Å². The van der Waals surface area contributed by atoms with E-state index in [2.05, 4.69) is 0 Å². The summed E-state index contributed by atoms with van der Waals surface area (Å²) in [5.74, 6) is -1.39. The molecule has 1 aromatic rings. The Bertz CT molecular complexity index is 616. The van der Waals surface area contributed by atoms with Gasteiger partial charge in [-0.25, -0.2) is 0 Å². The monoisotopic (exact) mass is 270 g/mol. The largest absolute Gasteiger partial charge is 0.507 e. The van der Waals surface area contributed by atoms with Gasteiger partial charge in [-0.2, -0.15) is 0 Å². The molecule has 0 aliphatic heterocycles. The van der Waals surface area contributed by atoms with Gasteiger partial charge in [-0.05, 0) is 36.8 Å². The van der Waals surface area contributed by atoms with Crippen LogP contribution in [0.4, 0.5) is 0 Å². The first-order valence-corrected chi connectivity index (χ1v) is 6.91. The zero-order valence-corrected chi connectivity index (χ0v) is 10.7. The summed E-state index contributed by atoms with van der Waals surface area (Å²) in [5, 5.41) is 19.9. The molecule has 2 unspecified atom stereocenters. The third-order valence-corrected chi connectivity index (χ3v) is 5.01. The van der Waals surface area contributed by atoms with E-state index in [0.717, 1.165) is 12.8 Å².